The third-order valence-corrected chi connectivity index (χ3v) is 2.35. The molecule has 5 nitrogen and oxygen atoms in total. The van der Waals surface area contributed by atoms with Crippen LogP contribution in [-0.4, -0.2) is 18.9 Å². The fraction of sp³-hybridized carbons (Fsp3) is 0.300. The number of aryl methyl sites for hydroxylation is 1. The van der Waals surface area contributed by atoms with Crippen LogP contribution < -0.4 is 14.3 Å². The summed E-state index contributed by atoms with van der Waals surface area (Å²) in [6, 6.07) is 3.45. The van der Waals surface area contributed by atoms with Crippen molar-refractivity contribution in [3.63, 3.8) is 0 Å². The highest BCUT2D eigenvalue weighted by atomic mass is 16.5. The molecule has 80 valence electrons. The molecule has 0 spiro atoms. The molecule has 2 rings (SSSR count). The van der Waals surface area contributed by atoms with E-state index in [1.807, 2.05) is 0 Å². The largest absolute Gasteiger partial charge is 0.595 e. The molecule has 0 amide bonds. The molecule has 0 aliphatic heterocycles. The summed E-state index contributed by atoms with van der Waals surface area (Å²) in [5, 5.41) is 12.4. The highest BCUT2D eigenvalue weighted by molar-refractivity contribution is 5.79. The summed E-state index contributed by atoms with van der Waals surface area (Å²) >= 11 is 0. The summed E-state index contributed by atoms with van der Waals surface area (Å²) in [6.45, 7) is 0. The van der Waals surface area contributed by atoms with Gasteiger partial charge < -0.3 is 14.7 Å². The van der Waals surface area contributed by atoms with Gasteiger partial charge in [0, 0.05) is 0 Å². The smallest absolute Gasteiger partial charge is 0.255 e. The second-order valence-corrected chi connectivity index (χ2v) is 3.24. The normalized spacial score (nSPS) is 10.6. The molecule has 0 unspecified atom stereocenters. The van der Waals surface area contributed by atoms with Gasteiger partial charge in [-0.15, -0.1) is 0 Å². The Hall–Kier alpha value is -1.91. The first-order chi connectivity index (χ1) is 7.17. The molecule has 5 heteroatoms. The minimum absolute atomic E-state index is 0.556. The Balaban J connectivity index is 2.75. The molecular formula is C10H12N2O3. The summed E-state index contributed by atoms with van der Waals surface area (Å²) in [5.41, 5.74) is 0.565. The first kappa shape index (κ1) is 9.64. The lowest BCUT2D eigenvalue weighted by Gasteiger charge is -2.05. The molecule has 0 fully saturated rings. The van der Waals surface area contributed by atoms with Crippen molar-refractivity contribution in [2.24, 2.45) is 7.05 Å². The number of benzene rings is 1. The molecule has 0 aliphatic carbocycles. The minimum Gasteiger partial charge on any atom is -0.595 e. The van der Waals surface area contributed by atoms with Crippen molar-refractivity contribution in [3.8, 4) is 11.5 Å². The van der Waals surface area contributed by atoms with E-state index in [-0.39, 0.29) is 0 Å². The summed E-state index contributed by atoms with van der Waals surface area (Å²) in [5.74, 6) is 1.18. The van der Waals surface area contributed by atoms with Gasteiger partial charge >= 0.3 is 0 Å². The van der Waals surface area contributed by atoms with Gasteiger partial charge in [0.1, 0.15) is 0 Å². The zero-order valence-electron chi connectivity index (χ0n) is 8.85. The zero-order valence-corrected chi connectivity index (χ0v) is 8.85. The topological polar surface area (TPSA) is 50.3 Å². The number of hydrogen-bond acceptors (Lipinski definition) is 3. The monoisotopic (exact) mass is 208 g/mol. The first-order valence-corrected chi connectivity index (χ1v) is 4.48. The average molecular weight is 208 g/mol. The summed E-state index contributed by atoms with van der Waals surface area (Å²) in [4.78, 5) is 0.803. The Morgan fingerprint density at radius 2 is 1.80 bits per heavy atom. The lowest BCUT2D eigenvalue weighted by Crippen LogP contribution is -2.35. The Labute approximate surface area is 87.0 Å². The van der Waals surface area contributed by atoms with Gasteiger partial charge in [0.15, 0.2) is 11.5 Å². The molecule has 15 heavy (non-hydrogen) atoms. The molecule has 0 N–H and O–H groups in total. The van der Waals surface area contributed by atoms with Crippen molar-refractivity contribution in [3.05, 3.63) is 23.5 Å². The number of nitrogens with zero attached hydrogens (tertiary/aromatic N) is 2. The van der Waals surface area contributed by atoms with Crippen molar-refractivity contribution in [1.82, 2.24) is 4.68 Å². The predicted octanol–water partition coefficient (Wildman–Crippen LogP) is 0.829. The van der Waals surface area contributed by atoms with Gasteiger partial charge in [-0.3, -0.25) is 0 Å². The third-order valence-electron chi connectivity index (χ3n) is 2.35. The van der Waals surface area contributed by atoms with Crippen molar-refractivity contribution < 1.29 is 14.3 Å². The predicted molar refractivity (Wildman–Crippen MR) is 55.0 cm³/mol. The Morgan fingerprint density at radius 1 is 1.20 bits per heavy atom. The van der Waals surface area contributed by atoms with E-state index in [0.29, 0.717) is 17.0 Å². The van der Waals surface area contributed by atoms with Gasteiger partial charge in [0.2, 0.25) is 0 Å². The van der Waals surface area contributed by atoms with Gasteiger partial charge in [-0.2, -0.15) is 4.68 Å². The molecule has 0 radical (unpaired) electrons. The second-order valence-electron chi connectivity index (χ2n) is 3.24. The maximum absolute atomic E-state index is 11.6. The molecule has 0 saturated carbocycles. The first-order valence-electron chi connectivity index (χ1n) is 4.48. The van der Waals surface area contributed by atoms with E-state index in [1.54, 1.807) is 39.6 Å². The maximum Gasteiger partial charge on any atom is 0.255 e. The van der Waals surface area contributed by atoms with E-state index in [1.165, 1.54) is 4.68 Å². The molecule has 1 aromatic heterocycles. The highest BCUT2D eigenvalue weighted by Crippen LogP contribution is 2.30. The van der Waals surface area contributed by atoms with Crippen LogP contribution in [0.15, 0.2) is 18.3 Å². The van der Waals surface area contributed by atoms with Crippen LogP contribution >= 0.6 is 0 Å². The molecule has 0 saturated heterocycles. The van der Waals surface area contributed by atoms with Crippen LogP contribution in [-0.2, 0) is 7.05 Å². The summed E-state index contributed by atoms with van der Waals surface area (Å²) < 4.78 is 11.7. The molecule has 0 atom stereocenters. The van der Waals surface area contributed by atoms with Crippen LogP contribution in [0.25, 0.3) is 10.9 Å². The summed E-state index contributed by atoms with van der Waals surface area (Å²) in [7, 11) is 4.80. The molecule has 1 heterocycles. The fourth-order valence-electron chi connectivity index (χ4n) is 1.58. The molecular weight excluding hydrogens is 196 g/mol. The van der Waals surface area contributed by atoms with Gasteiger partial charge in [-0.1, -0.05) is 4.85 Å². The van der Waals surface area contributed by atoms with Crippen molar-refractivity contribution in [2.45, 2.75) is 0 Å². The lowest BCUT2D eigenvalue weighted by molar-refractivity contribution is -0.667. The van der Waals surface area contributed by atoms with Crippen LogP contribution in [0.2, 0.25) is 0 Å². The van der Waals surface area contributed by atoms with Crippen LogP contribution in [0.3, 0.4) is 0 Å². The van der Waals surface area contributed by atoms with Crippen molar-refractivity contribution >= 4 is 10.9 Å². The summed E-state index contributed by atoms with van der Waals surface area (Å²) in [6.07, 6.45) is 1.74. The quantitative estimate of drug-likeness (QED) is 0.542. The second kappa shape index (κ2) is 3.34. The van der Waals surface area contributed by atoms with Crippen LogP contribution in [0.4, 0.5) is 0 Å². The SMILES string of the molecule is COc1cc2cn(C)[n+]([O-])c2cc1OC. The number of methoxy groups -OCH3 is 2. The molecule has 2 aromatic rings. The Bertz CT molecular complexity index is 505. The fourth-order valence-corrected chi connectivity index (χ4v) is 1.58. The molecule has 1 aromatic carbocycles. The van der Waals surface area contributed by atoms with Crippen LogP contribution in [0.5, 0.6) is 11.5 Å². The van der Waals surface area contributed by atoms with Gasteiger partial charge in [0.05, 0.1) is 38.9 Å². The third kappa shape index (κ3) is 1.36. The van der Waals surface area contributed by atoms with Gasteiger partial charge in [-0.25, -0.2) is 0 Å². The van der Waals surface area contributed by atoms with Gasteiger partial charge in [-0.05, 0) is 6.07 Å². The lowest BCUT2D eigenvalue weighted by atomic mass is 10.2. The van der Waals surface area contributed by atoms with E-state index < -0.39 is 0 Å². The van der Waals surface area contributed by atoms with E-state index in [4.69, 9.17) is 9.47 Å². The zero-order chi connectivity index (χ0) is 11.0. The number of fused-ring (bicyclic) bond motifs is 1. The van der Waals surface area contributed by atoms with Crippen molar-refractivity contribution in [1.29, 1.82) is 0 Å². The van der Waals surface area contributed by atoms with E-state index >= 15 is 0 Å². The van der Waals surface area contributed by atoms with Crippen molar-refractivity contribution in [2.75, 3.05) is 14.2 Å². The standard InChI is InChI=1S/C10H12N2O3/c1-11-6-7-4-9(14-2)10(15-3)5-8(7)12(11)13/h4-6H,1-3H3. The van der Waals surface area contributed by atoms with Crippen LogP contribution in [0, 0.1) is 5.21 Å². The molecule has 0 bridgehead atoms. The highest BCUT2D eigenvalue weighted by Gasteiger charge is 2.14. The van der Waals surface area contributed by atoms with Gasteiger partial charge in [0.25, 0.3) is 5.52 Å². The average Bonchev–Trinajstić information content (AvgIpc) is 2.53. The number of rotatable bonds is 2. The number of hydrogen-bond donors (Lipinski definition) is 0. The Kier molecular flexibility index (Phi) is 2.15. The van der Waals surface area contributed by atoms with E-state index in [0.717, 1.165) is 10.2 Å². The van der Waals surface area contributed by atoms with Crippen LogP contribution in [0.1, 0.15) is 0 Å². The minimum atomic E-state index is 0.556. The van der Waals surface area contributed by atoms with E-state index in [9.17, 15) is 5.21 Å². The number of ether oxygens (including phenoxy) is 2. The molecule has 0 aliphatic rings. The number of aromatic nitrogens is 2. The Morgan fingerprint density at radius 3 is 2.40 bits per heavy atom. The van der Waals surface area contributed by atoms with E-state index in [2.05, 4.69) is 0 Å². The maximum atomic E-state index is 11.6.